The summed E-state index contributed by atoms with van der Waals surface area (Å²) in [7, 11) is 0. The number of imidazole rings is 1. The van der Waals surface area contributed by atoms with Gasteiger partial charge in [0.1, 0.15) is 17.8 Å². The van der Waals surface area contributed by atoms with Gasteiger partial charge in [-0.1, -0.05) is 0 Å². The maximum atomic E-state index is 4.78. The van der Waals surface area contributed by atoms with E-state index in [0.717, 1.165) is 53.9 Å². The van der Waals surface area contributed by atoms with E-state index in [1.54, 1.807) is 12.5 Å². The predicted molar refractivity (Wildman–Crippen MR) is 90.4 cm³/mol. The molecule has 1 saturated heterocycles. The lowest BCUT2D eigenvalue weighted by Crippen LogP contribution is -2.25. The van der Waals surface area contributed by atoms with Crippen LogP contribution in [0, 0.1) is 13.8 Å². The molecule has 1 aliphatic rings. The van der Waals surface area contributed by atoms with Crippen molar-refractivity contribution in [1.29, 1.82) is 0 Å². The van der Waals surface area contributed by atoms with Gasteiger partial charge in [-0.15, -0.1) is 0 Å². The van der Waals surface area contributed by atoms with E-state index < -0.39 is 0 Å². The maximum absolute atomic E-state index is 4.78. The predicted octanol–water partition coefficient (Wildman–Crippen LogP) is 2.62. The highest BCUT2D eigenvalue weighted by molar-refractivity contribution is 5.50. The highest BCUT2D eigenvalue weighted by Gasteiger charge is 2.30. The summed E-state index contributed by atoms with van der Waals surface area (Å²) in [6, 6.07) is 4.03. The second kappa shape index (κ2) is 5.99. The Bertz CT molecular complexity index is 843. The van der Waals surface area contributed by atoms with Crippen LogP contribution in [0.1, 0.15) is 36.1 Å². The van der Waals surface area contributed by atoms with Crippen LogP contribution in [0.2, 0.25) is 0 Å². The zero-order valence-electron chi connectivity index (χ0n) is 13.8. The van der Waals surface area contributed by atoms with Gasteiger partial charge in [-0.25, -0.2) is 24.9 Å². The second-order valence-corrected chi connectivity index (χ2v) is 6.09. The number of aromatic amines is 1. The number of hydrogen-bond acceptors (Lipinski definition) is 6. The molecule has 0 bridgehead atoms. The van der Waals surface area contributed by atoms with E-state index in [2.05, 4.69) is 29.8 Å². The number of anilines is 1. The first kappa shape index (κ1) is 14.7. The van der Waals surface area contributed by atoms with E-state index in [1.807, 2.05) is 32.2 Å². The summed E-state index contributed by atoms with van der Waals surface area (Å²) in [6.07, 6.45) is 7.28. The Labute approximate surface area is 140 Å². The number of nitrogens with one attached hydrogen (secondary N) is 1. The SMILES string of the molecule is Cc1cc(-c2ncc(C)[nH]2)nc([C@H]2CCCN2c2ccncn2)n1. The molecule has 7 nitrogen and oxygen atoms in total. The fourth-order valence-electron chi connectivity index (χ4n) is 3.17. The van der Waals surface area contributed by atoms with Gasteiger partial charge in [0.25, 0.3) is 0 Å². The Balaban J connectivity index is 1.72. The van der Waals surface area contributed by atoms with E-state index >= 15 is 0 Å². The summed E-state index contributed by atoms with van der Waals surface area (Å²) in [5.74, 6) is 2.54. The Hall–Kier alpha value is -2.83. The van der Waals surface area contributed by atoms with Gasteiger partial charge in [-0.3, -0.25) is 0 Å². The first-order chi connectivity index (χ1) is 11.7. The molecule has 0 aliphatic carbocycles. The van der Waals surface area contributed by atoms with Gasteiger partial charge >= 0.3 is 0 Å². The quantitative estimate of drug-likeness (QED) is 0.798. The van der Waals surface area contributed by atoms with Crippen LogP contribution in [0.25, 0.3) is 11.5 Å². The summed E-state index contributed by atoms with van der Waals surface area (Å²) in [5.41, 5.74) is 2.80. The molecular formula is C17H19N7. The molecule has 1 atom stereocenters. The molecule has 3 aromatic heterocycles. The molecule has 0 radical (unpaired) electrons. The Morgan fingerprint density at radius 1 is 1.21 bits per heavy atom. The third kappa shape index (κ3) is 2.73. The van der Waals surface area contributed by atoms with Gasteiger partial charge < -0.3 is 9.88 Å². The van der Waals surface area contributed by atoms with Crippen molar-refractivity contribution in [1.82, 2.24) is 29.9 Å². The van der Waals surface area contributed by atoms with Crippen LogP contribution in [-0.2, 0) is 0 Å². The molecule has 4 rings (SSSR count). The third-order valence-electron chi connectivity index (χ3n) is 4.23. The van der Waals surface area contributed by atoms with Crippen molar-refractivity contribution in [3.8, 4) is 11.5 Å². The number of H-pyrrole nitrogens is 1. The Kier molecular flexibility index (Phi) is 3.68. The topological polar surface area (TPSA) is 83.5 Å². The van der Waals surface area contributed by atoms with Gasteiger partial charge in [-0.2, -0.15) is 0 Å². The van der Waals surface area contributed by atoms with Crippen LogP contribution in [0.15, 0.2) is 30.9 Å². The van der Waals surface area contributed by atoms with Crippen molar-refractivity contribution in [3.05, 3.63) is 48.1 Å². The van der Waals surface area contributed by atoms with Crippen molar-refractivity contribution < 1.29 is 0 Å². The summed E-state index contributed by atoms with van der Waals surface area (Å²) in [6.45, 7) is 4.93. The molecule has 0 aromatic carbocycles. The molecule has 1 N–H and O–H groups in total. The molecule has 0 unspecified atom stereocenters. The highest BCUT2D eigenvalue weighted by Crippen LogP contribution is 2.34. The van der Waals surface area contributed by atoms with Gasteiger partial charge in [-0.05, 0) is 38.8 Å². The minimum absolute atomic E-state index is 0.134. The standard InChI is InChI=1S/C17H19N7/c1-11-8-13(16-19-9-12(2)22-16)23-17(21-11)14-4-3-7-24(14)15-5-6-18-10-20-15/h5-6,8-10,14H,3-4,7H2,1-2H3,(H,19,22)/t14-/m1/s1. The van der Waals surface area contributed by atoms with Crippen LogP contribution >= 0.6 is 0 Å². The summed E-state index contributed by atoms with van der Waals surface area (Å²) in [4.78, 5) is 27.8. The lowest BCUT2D eigenvalue weighted by Gasteiger charge is -2.24. The molecule has 0 amide bonds. The molecule has 3 aromatic rings. The van der Waals surface area contributed by atoms with Gasteiger partial charge in [0, 0.05) is 30.3 Å². The first-order valence-corrected chi connectivity index (χ1v) is 8.11. The van der Waals surface area contributed by atoms with Crippen molar-refractivity contribution in [2.24, 2.45) is 0 Å². The van der Waals surface area contributed by atoms with Gasteiger partial charge in [0.2, 0.25) is 0 Å². The van der Waals surface area contributed by atoms with Crippen LogP contribution in [-0.4, -0.2) is 36.4 Å². The Morgan fingerprint density at radius 3 is 2.88 bits per heavy atom. The molecule has 7 heteroatoms. The lowest BCUT2D eigenvalue weighted by atomic mass is 10.2. The highest BCUT2D eigenvalue weighted by atomic mass is 15.3. The number of hydrogen-bond donors (Lipinski definition) is 1. The molecule has 4 heterocycles. The zero-order valence-corrected chi connectivity index (χ0v) is 13.8. The van der Waals surface area contributed by atoms with E-state index in [1.165, 1.54) is 0 Å². The smallest absolute Gasteiger partial charge is 0.156 e. The zero-order chi connectivity index (χ0) is 16.5. The van der Waals surface area contributed by atoms with Crippen molar-refractivity contribution in [2.45, 2.75) is 32.7 Å². The first-order valence-electron chi connectivity index (χ1n) is 8.11. The van der Waals surface area contributed by atoms with Crippen molar-refractivity contribution in [2.75, 3.05) is 11.4 Å². The third-order valence-corrected chi connectivity index (χ3v) is 4.23. The van der Waals surface area contributed by atoms with Gasteiger partial charge in [0.15, 0.2) is 11.6 Å². The maximum Gasteiger partial charge on any atom is 0.156 e. The number of aromatic nitrogens is 6. The summed E-state index contributed by atoms with van der Waals surface area (Å²) < 4.78 is 0. The number of rotatable bonds is 3. The minimum atomic E-state index is 0.134. The number of nitrogens with zero attached hydrogens (tertiary/aromatic N) is 6. The van der Waals surface area contributed by atoms with Gasteiger partial charge in [0.05, 0.1) is 6.04 Å². The van der Waals surface area contributed by atoms with E-state index in [0.29, 0.717) is 0 Å². The normalized spacial score (nSPS) is 17.4. The molecule has 122 valence electrons. The van der Waals surface area contributed by atoms with Crippen molar-refractivity contribution in [3.63, 3.8) is 0 Å². The monoisotopic (exact) mass is 321 g/mol. The summed E-state index contributed by atoms with van der Waals surface area (Å²) in [5, 5.41) is 0. The van der Waals surface area contributed by atoms with Crippen LogP contribution in [0.3, 0.4) is 0 Å². The fraction of sp³-hybridized carbons (Fsp3) is 0.353. The second-order valence-electron chi connectivity index (χ2n) is 6.09. The van der Waals surface area contributed by atoms with Crippen LogP contribution < -0.4 is 4.90 Å². The van der Waals surface area contributed by atoms with E-state index in [9.17, 15) is 0 Å². The summed E-state index contributed by atoms with van der Waals surface area (Å²) >= 11 is 0. The molecule has 0 saturated carbocycles. The van der Waals surface area contributed by atoms with Crippen LogP contribution in [0.5, 0.6) is 0 Å². The minimum Gasteiger partial charge on any atom is -0.346 e. The molecule has 1 fully saturated rings. The van der Waals surface area contributed by atoms with E-state index in [4.69, 9.17) is 4.98 Å². The molecule has 24 heavy (non-hydrogen) atoms. The fourth-order valence-corrected chi connectivity index (χ4v) is 3.17. The lowest BCUT2D eigenvalue weighted by molar-refractivity contribution is 0.657. The largest absolute Gasteiger partial charge is 0.346 e. The van der Waals surface area contributed by atoms with E-state index in [-0.39, 0.29) is 6.04 Å². The van der Waals surface area contributed by atoms with Crippen LogP contribution in [0.4, 0.5) is 5.82 Å². The van der Waals surface area contributed by atoms with Crippen molar-refractivity contribution >= 4 is 5.82 Å². The molecular weight excluding hydrogens is 302 g/mol. The molecule has 1 aliphatic heterocycles. The number of aryl methyl sites for hydroxylation is 2. The average Bonchev–Trinajstić information content (AvgIpc) is 3.24. The average molecular weight is 321 g/mol. The molecule has 0 spiro atoms. The Morgan fingerprint density at radius 2 is 2.12 bits per heavy atom.